The number of para-hydroxylation sites is 1. The molecule has 1 N–H and O–H groups in total. The van der Waals surface area contributed by atoms with Crippen LogP contribution < -0.4 is 9.62 Å². The first-order valence-corrected chi connectivity index (χ1v) is 15.6. The standard InChI is InChI=1S/C30H35Cl2N3O4S/c1-21(2)18-33-30(37)28(16-23-11-6-5-7-12-23)34(19-24-14-15-25(31)17-26(24)32)29(36)20-35(40(4,38)39)27-13-9-8-10-22(27)3/h5-15,17,21,28H,16,18-20H2,1-4H3,(H,33,37). The van der Waals surface area contributed by atoms with E-state index < -0.39 is 28.5 Å². The topological polar surface area (TPSA) is 86.8 Å². The summed E-state index contributed by atoms with van der Waals surface area (Å²) in [6, 6.07) is 20.3. The maximum Gasteiger partial charge on any atom is 0.244 e. The lowest BCUT2D eigenvalue weighted by Crippen LogP contribution is -2.53. The van der Waals surface area contributed by atoms with Crippen LogP contribution in [0.2, 0.25) is 10.0 Å². The summed E-state index contributed by atoms with van der Waals surface area (Å²) in [5, 5.41) is 3.73. The molecule has 0 aliphatic heterocycles. The number of sulfonamides is 1. The van der Waals surface area contributed by atoms with Gasteiger partial charge in [-0.15, -0.1) is 0 Å². The molecule has 1 atom stereocenters. The molecule has 0 saturated carbocycles. The van der Waals surface area contributed by atoms with Crippen LogP contribution in [-0.2, 0) is 32.6 Å². The van der Waals surface area contributed by atoms with Crippen LogP contribution in [0.15, 0.2) is 72.8 Å². The van der Waals surface area contributed by atoms with E-state index in [9.17, 15) is 18.0 Å². The summed E-state index contributed by atoms with van der Waals surface area (Å²) >= 11 is 12.6. The smallest absolute Gasteiger partial charge is 0.244 e. The first-order chi connectivity index (χ1) is 18.9. The number of aryl methyl sites for hydroxylation is 1. The number of rotatable bonds is 12. The summed E-state index contributed by atoms with van der Waals surface area (Å²) < 4.78 is 26.9. The average Bonchev–Trinajstić information content (AvgIpc) is 2.89. The van der Waals surface area contributed by atoms with E-state index in [1.165, 1.54) is 4.90 Å². The van der Waals surface area contributed by atoms with E-state index in [2.05, 4.69) is 5.32 Å². The highest BCUT2D eigenvalue weighted by Gasteiger charge is 2.33. The molecule has 10 heteroatoms. The molecule has 0 bridgehead atoms. The number of nitrogens with one attached hydrogen (secondary N) is 1. The first-order valence-electron chi connectivity index (χ1n) is 12.9. The quantitative estimate of drug-likeness (QED) is 0.297. The zero-order chi connectivity index (χ0) is 29.4. The van der Waals surface area contributed by atoms with E-state index >= 15 is 0 Å². The molecule has 3 aromatic rings. The van der Waals surface area contributed by atoms with Crippen LogP contribution in [0.25, 0.3) is 0 Å². The molecular weight excluding hydrogens is 569 g/mol. The first kappa shape index (κ1) is 31.5. The third kappa shape index (κ3) is 8.71. The van der Waals surface area contributed by atoms with Crippen molar-refractivity contribution in [3.05, 3.63) is 99.5 Å². The Morgan fingerprint density at radius 2 is 1.60 bits per heavy atom. The monoisotopic (exact) mass is 603 g/mol. The number of nitrogens with zero attached hydrogens (tertiary/aromatic N) is 2. The Kier molecular flexibility index (Phi) is 11.0. The van der Waals surface area contributed by atoms with Gasteiger partial charge in [-0.3, -0.25) is 13.9 Å². The van der Waals surface area contributed by atoms with Gasteiger partial charge in [-0.25, -0.2) is 8.42 Å². The van der Waals surface area contributed by atoms with Crippen LogP contribution in [0.4, 0.5) is 5.69 Å². The van der Waals surface area contributed by atoms with E-state index in [1.807, 2.05) is 44.2 Å². The predicted octanol–water partition coefficient (Wildman–Crippen LogP) is 5.48. The Morgan fingerprint density at radius 3 is 2.20 bits per heavy atom. The molecule has 3 rings (SSSR count). The number of anilines is 1. The molecule has 0 heterocycles. The highest BCUT2D eigenvalue weighted by Crippen LogP contribution is 2.26. The highest BCUT2D eigenvalue weighted by molar-refractivity contribution is 7.92. The fourth-order valence-corrected chi connectivity index (χ4v) is 5.62. The summed E-state index contributed by atoms with van der Waals surface area (Å²) in [5.74, 6) is -0.684. The van der Waals surface area contributed by atoms with Crippen molar-refractivity contribution in [1.82, 2.24) is 10.2 Å². The summed E-state index contributed by atoms with van der Waals surface area (Å²) in [6.45, 7) is 5.65. The molecule has 0 spiro atoms. The van der Waals surface area contributed by atoms with E-state index in [0.717, 1.165) is 16.1 Å². The van der Waals surface area contributed by atoms with Gasteiger partial charge < -0.3 is 10.2 Å². The van der Waals surface area contributed by atoms with Crippen LogP contribution in [0.3, 0.4) is 0 Å². The van der Waals surface area contributed by atoms with Crippen molar-refractivity contribution in [3.8, 4) is 0 Å². The Labute approximate surface area is 247 Å². The van der Waals surface area contributed by atoms with E-state index in [1.54, 1.807) is 49.4 Å². The van der Waals surface area contributed by atoms with Gasteiger partial charge in [0, 0.05) is 29.6 Å². The van der Waals surface area contributed by atoms with Crippen LogP contribution in [0, 0.1) is 12.8 Å². The number of carbonyl (C=O) groups excluding carboxylic acids is 2. The second kappa shape index (κ2) is 14.0. The molecule has 7 nitrogen and oxygen atoms in total. The van der Waals surface area contributed by atoms with Gasteiger partial charge in [-0.05, 0) is 47.7 Å². The number of halogens is 2. The number of hydrogen-bond acceptors (Lipinski definition) is 4. The van der Waals surface area contributed by atoms with Crippen LogP contribution in [0.1, 0.15) is 30.5 Å². The van der Waals surface area contributed by atoms with Gasteiger partial charge in [0.05, 0.1) is 11.9 Å². The minimum Gasteiger partial charge on any atom is -0.354 e. The maximum atomic E-state index is 14.1. The molecule has 214 valence electrons. The fourth-order valence-electron chi connectivity index (χ4n) is 4.25. The van der Waals surface area contributed by atoms with Crippen molar-refractivity contribution in [2.75, 3.05) is 23.7 Å². The molecule has 0 aromatic heterocycles. The normalized spacial score (nSPS) is 12.2. The van der Waals surface area contributed by atoms with E-state index in [-0.39, 0.29) is 24.8 Å². The van der Waals surface area contributed by atoms with Gasteiger partial charge in [0.1, 0.15) is 12.6 Å². The Hall–Kier alpha value is -3.07. The summed E-state index contributed by atoms with van der Waals surface area (Å²) in [4.78, 5) is 29.2. The molecule has 1 unspecified atom stereocenters. The fraction of sp³-hybridized carbons (Fsp3) is 0.333. The van der Waals surface area contributed by atoms with Crippen LogP contribution in [-0.4, -0.2) is 50.5 Å². The minimum atomic E-state index is -3.84. The lowest BCUT2D eigenvalue weighted by atomic mass is 10.0. The van der Waals surface area contributed by atoms with Crippen molar-refractivity contribution in [2.45, 2.75) is 39.8 Å². The number of benzene rings is 3. The Morgan fingerprint density at radius 1 is 0.950 bits per heavy atom. The van der Waals surface area contributed by atoms with Crippen molar-refractivity contribution in [2.24, 2.45) is 5.92 Å². The summed E-state index contributed by atoms with van der Waals surface area (Å²) in [5.41, 5.74) is 2.53. The predicted molar refractivity (Wildman–Crippen MR) is 162 cm³/mol. The SMILES string of the molecule is Cc1ccccc1N(CC(=O)N(Cc1ccc(Cl)cc1Cl)C(Cc1ccccc1)C(=O)NCC(C)C)S(C)(=O)=O. The molecular formula is C30H35Cl2N3O4S. The molecule has 40 heavy (non-hydrogen) atoms. The molecule has 3 aromatic carbocycles. The second-order valence-electron chi connectivity index (χ2n) is 10.2. The van der Waals surface area contributed by atoms with Crippen LogP contribution in [0.5, 0.6) is 0 Å². The zero-order valence-corrected chi connectivity index (χ0v) is 25.4. The van der Waals surface area contributed by atoms with Gasteiger partial charge in [0.2, 0.25) is 21.8 Å². The maximum absolute atomic E-state index is 14.1. The van der Waals surface area contributed by atoms with Gasteiger partial charge in [-0.1, -0.05) is 91.6 Å². The minimum absolute atomic E-state index is 0.0210. The van der Waals surface area contributed by atoms with Crippen molar-refractivity contribution < 1.29 is 18.0 Å². The third-order valence-corrected chi connectivity index (χ3v) is 8.09. The number of carbonyl (C=O) groups is 2. The molecule has 0 aliphatic carbocycles. The Balaban J connectivity index is 2.08. The van der Waals surface area contributed by atoms with E-state index in [4.69, 9.17) is 23.2 Å². The van der Waals surface area contributed by atoms with Gasteiger partial charge >= 0.3 is 0 Å². The highest BCUT2D eigenvalue weighted by atomic mass is 35.5. The van der Waals surface area contributed by atoms with Crippen molar-refractivity contribution in [3.63, 3.8) is 0 Å². The average molecular weight is 605 g/mol. The zero-order valence-electron chi connectivity index (χ0n) is 23.1. The lowest BCUT2D eigenvalue weighted by molar-refractivity contribution is -0.140. The third-order valence-electron chi connectivity index (χ3n) is 6.37. The van der Waals surface area contributed by atoms with Gasteiger partial charge in [0.25, 0.3) is 0 Å². The van der Waals surface area contributed by atoms with Gasteiger partial charge in [-0.2, -0.15) is 0 Å². The number of amides is 2. The van der Waals surface area contributed by atoms with E-state index in [0.29, 0.717) is 33.4 Å². The lowest BCUT2D eigenvalue weighted by Gasteiger charge is -2.34. The molecule has 0 aliphatic rings. The molecule has 2 amide bonds. The molecule has 0 saturated heterocycles. The summed E-state index contributed by atoms with van der Waals surface area (Å²) in [6.07, 6.45) is 1.29. The Bertz CT molecular complexity index is 1430. The molecule has 0 radical (unpaired) electrons. The second-order valence-corrected chi connectivity index (χ2v) is 12.9. The number of hydrogen-bond donors (Lipinski definition) is 1. The van der Waals surface area contributed by atoms with Crippen LogP contribution >= 0.6 is 23.2 Å². The van der Waals surface area contributed by atoms with Crippen molar-refractivity contribution >= 4 is 50.7 Å². The van der Waals surface area contributed by atoms with Crippen molar-refractivity contribution in [1.29, 1.82) is 0 Å². The van der Waals surface area contributed by atoms with Gasteiger partial charge in [0.15, 0.2) is 0 Å². The largest absolute Gasteiger partial charge is 0.354 e. The molecule has 0 fully saturated rings. The summed E-state index contributed by atoms with van der Waals surface area (Å²) in [7, 11) is -3.84.